The van der Waals surface area contributed by atoms with Crippen LogP contribution in [0, 0.1) is 0 Å². The molecule has 0 unspecified atom stereocenters. The molecular formula is C22H26F3NO3. The Labute approximate surface area is 169 Å². The fraction of sp³-hybridized carbons (Fsp3) is 0.409. The molecule has 0 aliphatic carbocycles. The Balaban J connectivity index is 2.05. The number of carbonyl (C=O) groups excluding carboxylic acids is 1. The van der Waals surface area contributed by atoms with Crippen LogP contribution in [0.2, 0.25) is 0 Å². The highest BCUT2D eigenvalue weighted by Crippen LogP contribution is 2.32. The zero-order chi connectivity index (χ0) is 21.4. The van der Waals surface area contributed by atoms with Gasteiger partial charge in [0.1, 0.15) is 0 Å². The molecule has 0 heterocycles. The number of benzene rings is 2. The summed E-state index contributed by atoms with van der Waals surface area (Å²) in [6, 6.07) is 10.1. The minimum Gasteiger partial charge on any atom is -0.493 e. The van der Waals surface area contributed by atoms with Gasteiger partial charge in [0.15, 0.2) is 11.5 Å². The van der Waals surface area contributed by atoms with Crippen molar-refractivity contribution in [3.63, 3.8) is 0 Å². The van der Waals surface area contributed by atoms with E-state index in [0.29, 0.717) is 29.9 Å². The molecule has 0 radical (unpaired) electrons. The number of hydrogen-bond acceptors (Lipinski definition) is 3. The van der Waals surface area contributed by atoms with Crippen molar-refractivity contribution in [1.82, 2.24) is 5.32 Å². The van der Waals surface area contributed by atoms with Crippen LogP contribution < -0.4 is 14.8 Å². The Kier molecular flexibility index (Phi) is 7.93. The number of nitrogens with one attached hydrogen (secondary N) is 1. The van der Waals surface area contributed by atoms with Crippen LogP contribution in [0.4, 0.5) is 13.2 Å². The van der Waals surface area contributed by atoms with Crippen molar-refractivity contribution in [1.29, 1.82) is 0 Å². The maximum absolute atomic E-state index is 13.0. The number of aryl methyl sites for hydroxylation is 1. The molecule has 0 saturated carbocycles. The predicted molar refractivity (Wildman–Crippen MR) is 105 cm³/mol. The van der Waals surface area contributed by atoms with Crippen LogP contribution in [-0.4, -0.2) is 20.1 Å². The monoisotopic (exact) mass is 409 g/mol. The standard InChI is InChI=1S/C22H26F3NO3/c1-4-6-18(16-7-5-8-17(14-16)22(23,24)25)26-21(27)12-10-15-9-11-19(28-2)20(13-15)29-3/h5,7-9,11,13-14,18H,4,6,10,12H2,1-3H3,(H,26,27)/t18-/m1/s1. The molecule has 0 aliphatic rings. The number of amides is 1. The summed E-state index contributed by atoms with van der Waals surface area (Å²) in [7, 11) is 3.09. The predicted octanol–water partition coefficient (Wildman–Crippen LogP) is 5.31. The van der Waals surface area contributed by atoms with Gasteiger partial charge in [-0.25, -0.2) is 0 Å². The first-order chi connectivity index (χ1) is 13.8. The van der Waals surface area contributed by atoms with E-state index >= 15 is 0 Å². The Bertz CT molecular complexity index is 821. The van der Waals surface area contributed by atoms with E-state index in [1.807, 2.05) is 19.1 Å². The molecule has 0 aromatic heterocycles. The Morgan fingerprint density at radius 3 is 2.41 bits per heavy atom. The van der Waals surface area contributed by atoms with E-state index in [9.17, 15) is 18.0 Å². The van der Waals surface area contributed by atoms with Crippen molar-refractivity contribution in [3.05, 3.63) is 59.2 Å². The second-order valence-electron chi connectivity index (χ2n) is 6.72. The number of methoxy groups -OCH3 is 2. The van der Waals surface area contributed by atoms with E-state index in [1.54, 1.807) is 26.4 Å². The van der Waals surface area contributed by atoms with E-state index in [-0.39, 0.29) is 12.3 Å². The van der Waals surface area contributed by atoms with Gasteiger partial charge in [-0.2, -0.15) is 13.2 Å². The summed E-state index contributed by atoms with van der Waals surface area (Å²) in [6.45, 7) is 1.93. The molecule has 1 atom stereocenters. The van der Waals surface area contributed by atoms with Gasteiger partial charge in [0.05, 0.1) is 25.8 Å². The van der Waals surface area contributed by atoms with Gasteiger partial charge < -0.3 is 14.8 Å². The summed E-state index contributed by atoms with van der Waals surface area (Å²) in [5, 5.41) is 2.87. The normalized spacial score (nSPS) is 12.3. The zero-order valence-electron chi connectivity index (χ0n) is 16.8. The first kappa shape index (κ1) is 22.6. The van der Waals surface area contributed by atoms with Gasteiger partial charge in [0.25, 0.3) is 0 Å². The summed E-state index contributed by atoms with van der Waals surface area (Å²) in [4.78, 5) is 12.4. The van der Waals surface area contributed by atoms with E-state index in [2.05, 4.69) is 5.32 Å². The van der Waals surface area contributed by atoms with Gasteiger partial charge in [-0.3, -0.25) is 4.79 Å². The first-order valence-corrected chi connectivity index (χ1v) is 9.46. The van der Waals surface area contributed by atoms with Crippen LogP contribution in [0.5, 0.6) is 11.5 Å². The number of halogens is 3. The molecule has 1 N–H and O–H groups in total. The van der Waals surface area contributed by atoms with Crippen LogP contribution in [0.15, 0.2) is 42.5 Å². The van der Waals surface area contributed by atoms with Gasteiger partial charge in [-0.05, 0) is 48.2 Å². The maximum Gasteiger partial charge on any atom is 0.416 e. The lowest BCUT2D eigenvalue weighted by Crippen LogP contribution is -2.29. The smallest absolute Gasteiger partial charge is 0.416 e. The molecule has 0 aliphatic heterocycles. The van der Waals surface area contributed by atoms with Gasteiger partial charge >= 0.3 is 6.18 Å². The van der Waals surface area contributed by atoms with E-state index in [4.69, 9.17) is 9.47 Å². The largest absolute Gasteiger partial charge is 0.493 e. The molecule has 0 saturated heterocycles. The highest BCUT2D eigenvalue weighted by molar-refractivity contribution is 5.76. The lowest BCUT2D eigenvalue weighted by molar-refractivity contribution is -0.137. The van der Waals surface area contributed by atoms with Crippen molar-refractivity contribution < 1.29 is 27.4 Å². The second kappa shape index (κ2) is 10.2. The Morgan fingerprint density at radius 1 is 1.07 bits per heavy atom. The average Bonchev–Trinajstić information content (AvgIpc) is 2.71. The molecule has 0 fully saturated rings. The van der Waals surface area contributed by atoms with E-state index in [0.717, 1.165) is 24.1 Å². The van der Waals surface area contributed by atoms with E-state index < -0.39 is 17.8 Å². The highest BCUT2D eigenvalue weighted by atomic mass is 19.4. The Morgan fingerprint density at radius 2 is 1.79 bits per heavy atom. The molecule has 158 valence electrons. The quantitative estimate of drug-likeness (QED) is 0.610. The minimum absolute atomic E-state index is 0.212. The molecule has 0 bridgehead atoms. The van der Waals surface area contributed by atoms with Crippen LogP contribution in [0.25, 0.3) is 0 Å². The van der Waals surface area contributed by atoms with Crippen molar-refractivity contribution >= 4 is 5.91 Å². The number of hydrogen-bond donors (Lipinski definition) is 1. The maximum atomic E-state index is 13.0. The van der Waals surface area contributed by atoms with Gasteiger partial charge in [-0.15, -0.1) is 0 Å². The average molecular weight is 409 g/mol. The molecule has 7 heteroatoms. The number of rotatable bonds is 9. The lowest BCUT2D eigenvalue weighted by Gasteiger charge is -2.20. The summed E-state index contributed by atoms with van der Waals surface area (Å²) >= 11 is 0. The zero-order valence-corrected chi connectivity index (χ0v) is 16.8. The third-order valence-corrected chi connectivity index (χ3v) is 4.62. The summed E-state index contributed by atoms with van der Waals surface area (Å²) in [5.74, 6) is 0.974. The molecular weight excluding hydrogens is 383 g/mol. The summed E-state index contributed by atoms with van der Waals surface area (Å²) < 4.78 is 49.4. The van der Waals surface area contributed by atoms with Gasteiger partial charge in [-0.1, -0.05) is 31.5 Å². The van der Waals surface area contributed by atoms with Crippen molar-refractivity contribution in [2.75, 3.05) is 14.2 Å². The van der Waals surface area contributed by atoms with E-state index in [1.165, 1.54) is 6.07 Å². The second-order valence-corrected chi connectivity index (χ2v) is 6.72. The molecule has 2 aromatic carbocycles. The molecule has 29 heavy (non-hydrogen) atoms. The SMILES string of the molecule is CCC[C@@H](NC(=O)CCc1ccc(OC)c(OC)c1)c1cccc(C(F)(F)F)c1. The summed E-state index contributed by atoms with van der Waals surface area (Å²) in [6.07, 6.45) is -2.42. The third kappa shape index (κ3) is 6.41. The molecule has 1 amide bonds. The Hall–Kier alpha value is -2.70. The molecule has 2 rings (SSSR count). The van der Waals surface area contributed by atoms with Crippen LogP contribution >= 0.6 is 0 Å². The van der Waals surface area contributed by atoms with Crippen molar-refractivity contribution in [2.24, 2.45) is 0 Å². The molecule has 2 aromatic rings. The van der Waals surface area contributed by atoms with Crippen molar-refractivity contribution in [2.45, 2.75) is 44.8 Å². The summed E-state index contributed by atoms with van der Waals surface area (Å²) in [5.41, 5.74) is 0.653. The van der Waals surface area contributed by atoms with Gasteiger partial charge in [0.2, 0.25) is 5.91 Å². The van der Waals surface area contributed by atoms with Gasteiger partial charge in [0, 0.05) is 6.42 Å². The highest BCUT2D eigenvalue weighted by Gasteiger charge is 2.31. The number of carbonyl (C=O) groups is 1. The minimum atomic E-state index is -4.41. The van der Waals surface area contributed by atoms with Crippen LogP contribution in [0.1, 0.15) is 48.9 Å². The fourth-order valence-corrected chi connectivity index (χ4v) is 3.10. The number of ether oxygens (including phenoxy) is 2. The van der Waals surface area contributed by atoms with Crippen LogP contribution in [-0.2, 0) is 17.4 Å². The lowest BCUT2D eigenvalue weighted by atomic mass is 9.99. The van der Waals surface area contributed by atoms with Crippen LogP contribution in [0.3, 0.4) is 0 Å². The molecule has 0 spiro atoms. The fourth-order valence-electron chi connectivity index (χ4n) is 3.10. The third-order valence-electron chi connectivity index (χ3n) is 4.62. The topological polar surface area (TPSA) is 47.6 Å². The van der Waals surface area contributed by atoms with Crippen molar-refractivity contribution in [3.8, 4) is 11.5 Å². The molecule has 4 nitrogen and oxygen atoms in total. The first-order valence-electron chi connectivity index (χ1n) is 9.46. The number of alkyl halides is 3.